The van der Waals surface area contributed by atoms with Crippen molar-refractivity contribution in [1.29, 1.82) is 0 Å². The normalized spacial score (nSPS) is 15.3. The second-order valence-electron chi connectivity index (χ2n) is 6.41. The second kappa shape index (κ2) is 7.99. The van der Waals surface area contributed by atoms with Crippen LogP contribution in [0.25, 0.3) is 0 Å². The van der Waals surface area contributed by atoms with E-state index in [1.54, 1.807) is 24.3 Å². The molecule has 3 rings (SSSR count). The Morgan fingerprint density at radius 1 is 1.22 bits per heavy atom. The van der Waals surface area contributed by atoms with E-state index < -0.39 is 6.03 Å². The topological polar surface area (TPSA) is 91.4 Å². The fourth-order valence-corrected chi connectivity index (χ4v) is 3.07. The van der Waals surface area contributed by atoms with Gasteiger partial charge in [-0.3, -0.25) is 24.8 Å². The van der Waals surface area contributed by atoms with Crippen molar-refractivity contribution < 1.29 is 14.4 Å². The molecule has 140 valence electrons. The van der Waals surface area contributed by atoms with E-state index in [-0.39, 0.29) is 30.8 Å². The molecule has 0 spiro atoms. The van der Waals surface area contributed by atoms with E-state index >= 15 is 0 Å². The maximum Gasteiger partial charge on any atom is 0.328 e. The summed E-state index contributed by atoms with van der Waals surface area (Å²) in [4.78, 5) is 42.4. The average molecular weight is 366 g/mol. The van der Waals surface area contributed by atoms with Crippen LogP contribution in [0.1, 0.15) is 47.6 Å². The van der Waals surface area contributed by atoms with Gasteiger partial charge in [0.25, 0.3) is 5.91 Å². The minimum Gasteiger partial charge on any atom is -0.344 e. The number of carbonyl (C=O) groups is 3. The van der Waals surface area contributed by atoms with Crippen LogP contribution in [0.2, 0.25) is 0 Å². The van der Waals surface area contributed by atoms with E-state index in [0.29, 0.717) is 17.7 Å². The van der Waals surface area contributed by atoms with E-state index in [1.807, 2.05) is 32.0 Å². The van der Waals surface area contributed by atoms with E-state index in [1.165, 1.54) is 4.90 Å². The van der Waals surface area contributed by atoms with Gasteiger partial charge in [-0.15, -0.1) is 0 Å². The molecule has 1 aliphatic heterocycles. The molecule has 1 aliphatic rings. The van der Waals surface area contributed by atoms with Gasteiger partial charge in [-0.1, -0.05) is 25.1 Å². The Hall–Kier alpha value is -3.22. The number of carbonyl (C=O) groups excluding carboxylic acids is 3. The molecule has 1 saturated heterocycles. The van der Waals surface area contributed by atoms with Crippen molar-refractivity contribution in [3.8, 4) is 0 Å². The number of hydrogen-bond donors (Lipinski definition) is 2. The summed E-state index contributed by atoms with van der Waals surface area (Å²) in [7, 11) is 0. The van der Waals surface area contributed by atoms with Crippen molar-refractivity contribution in [2.75, 3.05) is 11.4 Å². The molecular formula is C20H22N4O3. The molecule has 7 heteroatoms. The Balaban J connectivity index is 1.85. The summed E-state index contributed by atoms with van der Waals surface area (Å²) < 4.78 is 0. The maximum atomic E-state index is 12.9. The predicted molar refractivity (Wildman–Crippen MR) is 101 cm³/mol. The van der Waals surface area contributed by atoms with Crippen LogP contribution in [-0.2, 0) is 4.79 Å². The highest BCUT2D eigenvalue weighted by Gasteiger charge is 2.28. The molecule has 27 heavy (non-hydrogen) atoms. The zero-order chi connectivity index (χ0) is 19.4. The van der Waals surface area contributed by atoms with E-state index in [9.17, 15) is 14.4 Å². The van der Waals surface area contributed by atoms with Crippen LogP contribution in [0.4, 0.5) is 10.5 Å². The highest BCUT2D eigenvalue weighted by molar-refractivity contribution is 6.09. The molecule has 1 fully saturated rings. The first-order chi connectivity index (χ1) is 13.0. The Morgan fingerprint density at radius 2 is 2.00 bits per heavy atom. The molecule has 0 aliphatic carbocycles. The Bertz CT molecular complexity index is 881. The van der Waals surface area contributed by atoms with Gasteiger partial charge in [0.05, 0.1) is 23.0 Å². The molecule has 0 bridgehead atoms. The number of nitrogens with one attached hydrogen (secondary N) is 2. The van der Waals surface area contributed by atoms with Crippen molar-refractivity contribution in [2.24, 2.45) is 0 Å². The number of anilines is 1. The first-order valence-electron chi connectivity index (χ1n) is 8.94. The van der Waals surface area contributed by atoms with Crippen LogP contribution < -0.4 is 15.5 Å². The predicted octanol–water partition coefficient (Wildman–Crippen LogP) is 2.72. The molecule has 0 saturated carbocycles. The van der Waals surface area contributed by atoms with Crippen LogP contribution in [0.3, 0.4) is 0 Å². The monoisotopic (exact) mass is 366 g/mol. The summed E-state index contributed by atoms with van der Waals surface area (Å²) in [6.07, 6.45) is 0.884. The molecular weight excluding hydrogens is 344 g/mol. The fraction of sp³-hybridized carbons (Fsp3) is 0.300. The van der Waals surface area contributed by atoms with Crippen molar-refractivity contribution in [1.82, 2.24) is 15.6 Å². The van der Waals surface area contributed by atoms with Gasteiger partial charge in [-0.25, -0.2) is 4.79 Å². The highest BCUT2D eigenvalue weighted by atomic mass is 16.2. The van der Waals surface area contributed by atoms with Crippen LogP contribution in [-0.4, -0.2) is 29.4 Å². The maximum absolute atomic E-state index is 12.9. The summed E-state index contributed by atoms with van der Waals surface area (Å²) in [5.74, 6) is -0.597. The number of rotatable bonds is 5. The third-order valence-electron chi connectivity index (χ3n) is 4.47. The minimum atomic E-state index is -0.515. The smallest absolute Gasteiger partial charge is 0.328 e. The molecule has 1 aromatic carbocycles. The van der Waals surface area contributed by atoms with Crippen molar-refractivity contribution in [3.63, 3.8) is 0 Å². The molecule has 1 atom stereocenters. The van der Waals surface area contributed by atoms with E-state index in [2.05, 4.69) is 15.6 Å². The number of urea groups is 1. The molecule has 4 amide bonds. The van der Waals surface area contributed by atoms with Crippen molar-refractivity contribution >= 4 is 23.5 Å². The zero-order valence-corrected chi connectivity index (χ0v) is 15.4. The number of aryl methyl sites for hydroxylation is 1. The van der Waals surface area contributed by atoms with E-state index in [4.69, 9.17) is 0 Å². The minimum absolute atomic E-state index is 0.201. The van der Waals surface area contributed by atoms with Gasteiger partial charge in [0.15, 0.2) is 0 Å². The molecule has 0 radical (unpaired) electrons. The number of amides is 4. The lowest BCUT2D eigenvalue weighted by Crippen LogP contribution is -2.50. The van der Waals surface area contributed by atoms with Crippen molar-refractivity contribution in [2.45, 2.75) is 32.7 Å². The number of imide groups is 1. The zero-order valence-electron chi connectivity index (χ0n) is 15.4. The fourth-order valence-electron chi connectivity index (χ4n) is 3.07. The summed E-state index contributed by atoms with van der Waals surface area (Å²) in [6, 6.07) is 11.8. The van der Waals surface area contributed by atoms with Gasteiger partial charge in [0, 0.05) is 18.7 Å². The summed E-state index contributed by atoms with van der Waals surface area (Å²) in [5, 5.41) is 5.29. The molecule has 2 heterocycles. The van der Waals surface area contributed by atoms with Gasteiger partial charge < -0.3 is 5.32 Å². The lowest BCUT2D eigenvalue weighted by Gasteiger charge is -2.28. The summed E-state index contributed by atoms with van der Waals surface area (Å²) in [6.45, 7) is 4.12. The van der Waals surface area contributed by atoms with Crippen LogP contribution in [0, 0.1) is 6.92 Å². The molecule has 1 aromatic heterocycles. The Labute approximate surface area is 157 Å². The third-order valence-corrected chi connectivity index (χ3v) is 4.47. The van der Waals surface area contributed by atoms with E-state index in [0.717, 1.165) is 11.4 Å². The number of pyridine rings is 1. The quantitative estimate of drug-likeness (QED) is 0.851. The molecule has 1 unspecified atom stereocenters. The first kappa shape index (κ1) is 18.6. The van der Waals surface area contributed by atoms with Crippen LogP contribution in [0.15, 0.2) is 42.5 Å². The number of para-hydroxylation sites is 1. The van der Waals surface area contributed by atoms with Gasteiger partial charge in [-0.2, -0.15) is 0 Å². The number of aromatic nitrogens is 1. The molecule has 2 aromatic rings. The third kappa shape index (κ3) is 4.13. The Morgan fingerprint density at radius 3 is 2.70 bits per heavy atom. The standard InChI is InChI=1S/C20H22N4O3/c1-3-15(16-9-6-7-13(2)21-16)22-19(26)14-8-4-5-10-17(14)24-12-11-18(25)23-20(24)27/h4-10,15H,3,11-12H2,1-2H3,(H,22,26)(H,23,25,27). The van der Waals surface area contributed by atoms with Gasteiger partial charge >= 0.3 is 6.03 Å². The molecule has 7 nitrogen and oxygen atoms in total. The van der Waals surface area contributed by atoms with Gasteiger partial charge in [0.2, 0.25) is 5.91 Å². The number of nitrogens with zero attached hydrogens (tertiary/aromatic N) is 2. The molecule has 2 N–H and O–H groups in total. The Kier molecular flexibility index (Phi) is 5.49. The number of hydrogen-bond acceptors (Lipinski definition) is 4. The first-order valence-corrected chi connectivity index (χ1v) is 8.94. The van der Waals surface area contributed by atoms with Crippen LogP contribution in [0.5, 0.6) is 0 Å². The second-order valence-corrected chi connectivity index (χ2v) is 6.41. The number of benzene rings is 1. The summed E-state index contributed by atoms with van der Waals surface area (Å²) >= 11 is 0. The lowest BCUT2D eigenvalue weighted by atomic mass is 10.1. The van der Waals surface area contributed by atoms with Gasteiger partial charge in [0.1, 0.15) is 0 Å². The van der Waals surface area contributed by atoms with Gasteiger partial charge in [-0.05, 0) is 37.6 Å². The van der Waals surface area contributed by atoms with Crippen molar-refractivity contribution in [3.05, 3.63) is 59.4 Å². The lowest BCUT2D eigenvalue weighted by molar-refractivity contribution is -0.120. The summed E-state index contributed by atoms with van der Waals surface area (Å²) in [5.41, 5.74) is 2.54. The largest absolute Gasteiger partial charge is 0.344 e. The SMILES string of the molecule is CCC(NC(=O)c1ccccc1N1CCC(=O)NC1=O)c1cccc(C)n1. The van der Waals surface area contributed by atoms with Crippen LogP contribution >= 0.6 is 0 Å². The average Bonchev–Trinajstić information content (AvgIpc) is 2.66. The highest BCUT2D eigenvalue weighted by Crippen LogP contribution is 2.24.